The Morgan fingerprint density at radius 3 is 2.94 bits per heavy atom. The maximum Gasteiger partial charge on any atom is 0.141 e. The first kappa shape index (κ1) is 13.4. The third kappa shape index (κ3) is 3.27. The fourth-order valence-electron chi connectivity index (χ4n) is 2.58. The number of hydrogen-bond donors (Lipinski definition) is 1. The van der Waals surface area contributed by atoms with E-state index in [0.717, 1.165) is 25.3 Å². The number of aromatic nitrogens is 1. The molecular formula is C14H22FN3. The normalized spacial score (nSPS) is 21.4. The number of hydrogen-bond acceptors (Lipinski definition) is 3. The number of halogens is 1. The van der Waals surface area contributed by atoms with Gasteiger partial charge in [0.1, 0.15) is 5.82 Å². The predicted molar refractivity (Wildman–Crippen MR) is 70.9 cm³/mol. The standard InChI is InChI=1S/C14H22FN3/c1-3-18(10-13-5-4-8-16-13)11(2)14-7-6-12(15)9-17-14/h6-7,9,11,13,16H,3-5,8,10H2,1-2H3. The molecule has 18 heavy (non-hydrogen) atoms. The van der Waals surface area contributed by atoms with E-state index in [-0.39, 0.29) is 11.9 Å². The van der Waals surface area contributed by atoms with E-state index in [9.17, 15) is 4.39 Å². The largest absolute Gasteiger partial charge is 0.313 e. The van der Waals surface area contributed by atoms with Crippen LogP contribution in [0.3, 0.4) is 0 Å². The van der Waals surface area contributed by atoms with Crippen LogP contribution in [0.25, 0.3) is 0 Å². The van der Waals surface area contributed by atoms with E-state index in [1.54, 1.807) is 6.07 Å². The van der Waals surface area contributed by atoms with Crippen LogP contribution in [0, 0.1) is 5.82 Å². The first-order chi connectivity index (χ1) is 8.70. The minimum absolute atomic E-state index is 0.234. The van der Waals surface area contributed by atoms with E-state index < -0.39 is 0 Å². The van der Waals surface area contributed by atoms with Crippen LogP contribution in [0.4, 0.5) is 4.39 Å². The molecule has 0 bridgehead atoms. The Morgan fingerprint density at radius 1 is 1.56 bits per heavy atom. The minimum atomic E-state index is -0.272. The van der Waals surface area contributed by atoms with Crippen LogP contribution in [0.1, 0.15) is 38.4 Å². The molecule has 0 aliphatic carbocycles. The first-order valence-corrected chi connectivity index (χ1v) is 6.79. The Morgan fingerprint density at radius 2 is 2.39 bits per heavy atom. The second-order valence-corrected chi connectivity index (χ2v) is 4.96. The lowest BCUT2D eigenvalue weighted by atomic mass is 10.1. The summed E-state index contributed by atoms with van der Waals surface area (Å²) >= 11 is 0. The van der Waals surface area contributed by atoms with Crippen LogP contribution < -0.4 is 5.32 Å². The van der Waals surface area contributed by atoms with Crippen molar-refractivity contribution in [1.82, 2.24) is 15.2 Å². The quantitative estimate of drug-likeness (QED) is 0.870. The molecule has 1 aromatic heterocycles. The Hall–Kier alpha value is -1.00. The molecular weight excluding hydrogens is 229 g/mol. The number of rotatable bonds is 5. The average Bonchev–Trinajstić information content (AvgIpc) is 2.89. The molecule has 100 valence electrons. The summed E-state index contributed by atoms with van der Waals surface area (Å²) in [5.41, 5.74) is 0.941. The fraction of sp³-hybridized carbons (Fsp3) is 0.643. The zero-order chi connectivity index (χ0) is 13.0. The summed E-state index contributed by atoms with van der Waals surface area (Å²) in [6, 6.07) is 4.09. The van der Waals surface area contributed by atoms with Gasteiger partial charge in [-0.1, -0.05) is 6.92 Å². The summed E-state index contributed by atoms with van der Waals surface area (Å²) in [6.07, 6.45) is 3.82. The first-order valence-electron chi connectivity index (χ1n) is 6.79. The van der Waals surface area contributed by atoms with Gasteiger partial charge < -0.3 is 5.32 Å². The van der Waals surface area contributed by atoms with Crippen molar-refractivity contribution >= 4 is 0 Å². The van der Waals surface area contributed by atoms with Gasteiger partial charge in [0.05, 0.1) is 11.9 Å². The molecule has 2 unspecified atom stereocenters. The van der Waals surface area contributed by atoms with Crippen LogP contribution in [0.2, 0.25) is 0 Å². The zero-order valence-corrected chi connectivity index (χ0v) is 11.2. The molecule has 1 saturated heterocycles. The molecule has 2 rings (SSSR count). The van der Waals surface area contributed by atoms with Gasteiger partial charge in [0, 0.05) is 18.6 Å². The molecule has 0 saturated carbocycles. The predicted octanol–water partition coefficient (Wildman–Crippen LogP) is 2.36. The molecule has 2 heterocycles. The summed E-state index contributed by atoms with van der Waals surface area (Å²) in [6.45, 7) is 7.45. The minimum Gasteiger partial charge on any atom is -0.313 e. The summed E-state index contributed by atoms with van der Waals surface area (Å²) in [5, 5.41) is 3.51. The summed E-state index contributed by atoms with van der Waals surface area (Å²) in [7, 11) is 0. The van der Waals surface area contributed by atoms with Gasteiger partial charge in [-0.2, -0.15) is 0 Å². The van der Waals surface area contributed by atoms with Gasteiger partial charge in [0.2, 0.25) is 0 Å². The van der Waals surface area contributed by atoms with E-state index in [2.05, 4.69) is 29.0 Å². The van der Waals surface area contributed by atoms with E-state index in [1.165, 1.54) is 25.1 Å². The molecule has 1 aliphatic heterocycles. The highest BCUT2D eigenvalue weighted by molar-refractivity contribution is 5.09. The molecule has 0 amide bonds. The van der Waals surface area contributed by atoms with Crippen LogP contribution in [-0.4, -0.2) is 35.6 Å². The fourth-order valence-corrected chi connectivity index (χ4v) is 2.58. The Kier molecular flexibility index (Phi) is 4.66. The van der Waals surface area contributed by atoms with Crippen molar-refractivity contribution in [3.8, 4) is 0 Å². The maximum atomic E-state index is 12.9. The van der Waals surface area contributed by atoms with Crippen molar-refractivity contribution in [1.29, 1.82) is 0 Å². The maximum absolute atomic E-state index is 12.9. The molecule has 1 N–H and O–H groups in total. The van der Waals surface area contributed by atoms with Crippen molar-refractivity contribution < 1.29 is 4.39 Å². The Balaban J connectivity index is 1.99. The lowest BCUT2D eigenvalue weighted by Gasteiger charge is -2.30. The zero-order valence-electron chi connectivity index (χ0n) is 11.2. The molecule has 1 fully saturated rings. The van der Waals surface area contributed by atoms with E-state index in [1.807, 2.05) is 0 Å². The van der Waals surface area contributed by atoms with Gasteiger partial charge in [0.15, 0.2) is 0 Å². The molecule has 0 radical (unpaired) electrons. The molecule has 3 nitrogen and oxygen atoms in total. The van der Waals surface area contributed by atoms with Crippen LogP contribution in [0.5, 0.6) is 0 Å². The third-order valence-electron chi connectivity index (χ3n) is 3.75. The van der Waals surface area contributed by atoms with E-state index >= 15 is 0 Å². The molecule has 0 aromatic carbocycles. The van der Waals surface area contributed by atoms with Crippen molar-refractivity contribution in [2.45, 2.75) is 38.8 Å². The van der Waals surface area contributed by atoms with E-state index in [4.69, 9.17) is 0 Å². The number of pyridine rings is 1. The Bertz CT molecular complexity index is 360. The average molecular weight is 251 g/mol. The van der Waals surface area contributed by atoms with Gasteiger partial charge in [-0.25, -0.2) is 4.39 Å². The van der Waals surface area contributed by atoms with Gasteiger partial charge in [-0.05, 0) is 45.0 Å². The summed E-state index contributed by atoms with van der Waals surface area (Å²) < 4.78 is 12.9. The lowest BCUT2D eigenvalue weighted by molar-refractivity contribution is 0.199. The van der Waals surface area contributed by atoms with Crippen molar-refractivity contribution in [2.75, 3.05) is 19.6 Å². The van der Waals surface area contributed by atoms with E-state index in [0.29, 0.717) is 6.04 Å². The molecule has 0 spiro atoms. The number of nitrogens with zero attached hydrogens (tertiary/aromatic N) is 2. The van der Waals surface area contributed by atoms with Gasteiger partial charge in [-0.15, -0.1) is 0 Å². The summed E-state index contributed by atoms with van der Waals surface area (Å²) in [4.78, 5) is 6.58. The van der Waals surface area contributed by atoms with Crippen LogP contribution >= 0.6 is 0 Å². The van der Waals surface area contributed by atoms with Crippen molar-refractivity contribution in [3.05, 3.63) is 29.8 Å². The van der Waals surface area contributed by atoms with Crippen LogP contribution in [0.15, 0.2) is 18.3 Å². The molecule has 1 aromatic rings. The van der Waals surface area contributed by atoms with Crippen molar-refractivity contribution in [3.63, 3.8) is 0 Å². The van der Waals surface area contributed by atoms with Gasteiger partial charge >= 0.3 is 0 Å². The monoisotopic (exact) mass is 251 g/mol. The molecule has 2 atom stereocenters. The third-order valence-corrected chi connectivity index (χ3v) is 3.75. The highest BCUT2D eigenvalue weighted by Gasteiger charge is 2.21. The second kappa shape index (κ2) is 6.25. The highest BCUT2D eigenvalue weighted by atomic mass is 19.1. The molecule has 4 heteroatoms. The van der Waals surface area contributed by atoms with Gasteiger partial charge in [-0.3, -0.25) is 9.88 Å². The highest BCUT2D eigenvalue weighted by Crippen LogP contribution is 2.19. The number of nitrogens with one attached hydrogen (secondary N) is 1. The lowest BCUT2D eigenvalue weighted by Crippen LogP contribution is -2.39. The second-order valence-electron chi connectivity index (χ2n) is 4.96. The molecule has 1 aliphatic rings. The summed E-state index contributed by atoms with van der Waals surface area (Å²) in [5.74, 6) is -0.272. The smallest absolute Gasteiger partial charge is 0.141 e. The topological polar surface area (TPSA) is 28.2 Å². The van der Waals surface area contributed by atoms with Gasteiger partial charge in [0.25, 0.3) is 0 Å². The number of likely N-dealkylation sites (N-methyl/N-ethyl adjacent to an activating group) is 1. The van der Waals surface area contributed by atoms with Crippen LogP contribution in [-0.2, 0) is 0 Å². The Labute approximate surface area is 108 Å². The SMILES string of the molecule is CCN(CC1CCCN1)C(C)c1ccc(F)cn1. The van der Waals surface area contributed by atoms with Crippen molar-refractivity contribution in [2.24, 2.45) is 0 Å².